The Morgan fingerprint density at radius 3 is 2.43 bits per heavy atom. The average Bonchev–Trinajstić information content (AvgIpc) is 2.52. The van der Waals surface area contributed by atoms with Gasteiger partial charge in [0.1, 0.15) is 5.40 Å². The molecule has 2 rings (SSSR count). The first-order chi connectivity index (χ1) is 11.1. The second kappa shape index (κ2) is 8.66. The SMILES string of the molecule is Cc1cc(SC#N)cc(C)c1NC(=O)CSCc1ccccc1. The maximum absolute atomic E-state index is 12.1. The fourth-order valence-electron chi connectivity index (χ4n) is 2.24. The molecule has 0 saturated heterocycles. The van der Waals surface area contributed by atoms with Crippen molar-refractivity contribution < 1.29 is 4.79 Å². The number of nitrogens with zero attached hydrogens (tertiary/aromatic N) is 1. The van der Waals surface area contributed by atoms with E-state index in [1.54, 1.807) is 11.8 Å². The van der Waals surface area contributed by atoms with E-state index in [4.69, 9.17) is 5.26 Å². The third kappa shape index (κ3) is 5.34. The van der Waals surface area contributed by atoms with Crippen LogP contribution in [0.1, 0.15) is 16.7 Å². The zero-order valence-corrected chi connectivity index (χ0v) is 14.8. The molecule has 0 heterocycles. The number of nitriles is 1. The van der Waals surface area contributed by atoms with Crippen LogP contribution in [0.4, 0.5) is 5.69 Å². The number of hydrogen-bond donors (Lipinski definition) is 1. The quantitative estimate of drug-likeness (QED) is 0.608. The van der Waals surface area contributed by atoms with Crippen LogP contribution < -0.4 is 5.32 Å². The van der Waals surface area contributed by atoms with Gasteiger partial charge in [-0.05, 0) is 54.4 Å². The number of rotatable bonds is 6. The zero-order valence-electron chi connectivity index (χ0n) is 13.1. The van der Waals surface area contributed by atoms with Crippen molar-refractivity contribution >= 4 is 35.1 Å². The smallest absolute Gasteiger partial charge is 0.234 e. The van der Waals surface area contributed by atoms with Crippen molar-refractivity contribution in [1.29, 1.82) is 5.26 Å². The lowest BCUT2D eigenvalue weighted by atomic mass is 10.1. The Labute approximate surface area is 145 Å². The van der Waals surface area contributed by atoms with Crippen LogP contribution >= 0.6 is 23.5 Å². The molecule has 0 saturated carbocycles. The monoisotopic (exact) mass is 342 g/mol. The summed E-state index contributed by atoms with van der Waals surface area (Å²) in [6.45, 7) is 3.89. The van der Waals surface area contributed by atoms with Crippen LogP contribution in [-0.4, -0.2) is 11.7 Å². The molecule has 0 radical (unpaired) electrons. The first kappa shape index (κ1) is 17.5. The molecule has 5 heteroatoms. The lowest BCUT2D eigenvalue weighted by Crippen LogP contribution is -2.16. The van der Waals surface area contributed by atoms with Gasteiger partial charge in [0.25, 0.3) is 0 Å². The largest absolute Gasteiger partial charge is 0.325 e. The minimum atomic E-state index is -0.00202. The Hall–Kier alpha value is -1.90. The summed E-state index contributed by atoms with van der Waals surface area (Å²) in [6.07, 6.45) is 0. The maximum atomic E-state index is 12.1. The highest BCUT2D eigenvalue weighted by atomic mass is 32.2. The number of carbonyl (C=O) groups excluding carboxylic acids is 1. The van der Waals surface area contributed by atoms with Crippen molar-refractivity contribution in [2.75, 3.05) is 11.1 Å². The van der Waals surface area contributed by atoms with Crippen LogP contribution in [0.5, 0.6) is 0 Å². The maximum Gasteiger partial charge on any atom is 0.234 e. The fraction of sp³-hybridized carbons (Fsp3) is 0.222. The molecule has 1 amide bonds. The van der Waals surface area contributed by atoms with E-state index in [0.29, 0.717) is 5.75 Å². The van der Waals surface area contributed by atoms with E-state index in [-0.39, 0.29) is 5.91 Å². The van der Waals surface area contributed by atoms with Gasteiger partial charge in [0.05, 0.1) is 5.75 Å². The van der Waals surface area contributed by atoms with Crippen LogP contribution in [0.25, 0.3) is 0 Å². The molecule has 1 N–H and O–H groups in total. The van der Waals surface area contributed by atoms with Gasteiger partial charge in [-0.3, -0.25) is 4.79 Å². The first-order valence-electron chi connectivity index (χ1n) is 7.19. The van der Waals surface area contributed by atoms with Gasteiger partial charge in [0.15, 0.2) is 0 Å². The molecular weight excluding hydrogens is 324 g/mol. The summed E-state index contributed by atoms with van der Waals surface area (Å²) in [5.41, 5.74) is 4.02. The van der Waals surface area contributed by atoms with Crippen LogP contribution in [-0.2, 0) is 10.5 Å². The molecule has 2 aromatic rings. The lowest BCUT2D eigenvalue weighted by Gasteiger charge is -2.13. The lowest BCUT2D eigenvalue weighted by molar-refractivity contribution is -0.113. The summed E-state index contributed by atoms with van der Waals surface area (Å²) in [4.78, 5) is 13.0. The van der Waals surface area contributed by atoms with Crippen molar-refractivity contribution in [3.63, 3.8) is 0 Å². The molecule has 0 aliphatic heterocycles. The van der Waals surface area contributed by atoms with Gasteiger partial charge in [-0.2, -0.15) is 5.26 Å². The molecule has 118 valence electrons. The standard InChI is InChI=1S/C18H18N2OS2/c1-13-8-16(23-12-19)9-14(2)18(13)20-17(21)11-22-10-15-6-4-3-5-7-15/h3-9H,10-11H2,1-2H3,(H,20,21). The summed E-state index contributed by atoms with van der Waals surface area (Å²) in [5, 5.41) is 13.8. The van der Waals surface area contributed by atoms with Crippen molar-refractivity contribution in [2.45, 2.75) is 24.5 Å². The van der Waals surface area contributed by atoms with Gasteiger partial charge in [0, 0.05) is 16.3 Å². The van der Waals surface area contributed by atoms with E-state index < -0.39 is 0 Å². The average molecular weight is 342 g/mol. The number of amides is 1. The molecule has 0 spiro atoms. The van der Waals surface area contributed by atoms with Gasteiger partial charge in [-0.15, -0.1) is 11.8 Å². The molecule has 0 aliphatic carbocycles. The fourth-order valence-corrected chi connectivity index (χ4v) is 3.61. The van der Waals surface area contributed by atoms with Crippen molar-refractivity contribution in [1.82, 2.24) is 0 Å². The Kier molecular flexibility index (Phi) is 6.57. The second-order valence-corrected chi connectivity index (χ2v) is 7.00. The third-order valence-corrected chi connectivity index (χ3v) is 4.85. The van der Waals surface area contributed by atoms with Gasteiger partial charge in [-0.1, -0.05) is 30.3 Å². The Morgan fingerprint density at radius 2 is 1.83 bits per heavy atom. The number of aryl methyl sites for hydroxylation is 2. The van der Waals surface area contributed by atoms with Crippen LogP contribution in [0, 0.1) is 24.5 Å². The van der Waals surface area contributed by atoms with Crippen molar-refractivity contribution in [3.8, 4) is 5.40 Å². The van der Waals surface area contributed by atoms with Gasteiger partial charge in [-0.25, -0.2) is 0 Å². The molecule has 0 aliphatic rings. The van der Waals surface area contributed by atoms with E-state index in [1.807, 2.05) is 44.2 Å². The first-order valence-corrected chi connectivity index (χ1v) is 9.16. The number of thioether (sulfide) groups is 2. The zero-order chi connectivity index (χ0) is 16.7. The Morgan fingerprint density at radius 1 is 1.17 bits per heavy atom. The minimum Gasteiger partial charge on any atom is -0.325 e. The molecule has 0 fully saturated rings. The summed E-state index contributed by atoms with van der Waals surface area (Å²) >= 11 is 2.73. The van der Waals surface area contributed by atoms with Crippen LogP contribution in [0.3, 0.4) is 0 Å². The summed E-state index contributed by atoms with van der Waals surface area (Å²) in [6, 6.07) is 14.0. The minimum absolute atomic E-state index is 0.00202. The summed E-state index contributed by atoms with van der Waals surface area (Å²) < 4.78 is 0. The third-order valence-electron chi connectivity index (χ3n) is 3.28. The van der Waals surface area contributed by atoms with E-state index >= 15 is 0 Å². The predicted molar refractivity (Wildman–Crippen MR) is 98.6 cm³/mol. The van der Waals surface area contributed by atoms with Crippen LogP contribution in [0.15, 0.2) is 47.4 Å². The Balaban J connectivity index is 1.91. The molecule has 0 bridgehead atoms. The summed E-state index contributed by atoms with van der Waals surface area (Å²) in [5.74, 6) is 1.24. The molecule has 0 unspecified atom stereocenters. The Bertz CT molecular complexity index is 701. The molecule has 0 aromatic heterocycles. The van der Waals surface area contributed by atoms with Gasteiger partial charge >= 0.3 is 0 Å². The topological polar surface area (TPSA) is 52.9 Å². The highest BCUT2D eigenvalue weighted by Crippen LogP contribution is 2.27. The summed E-state index contributed by atoms with van der Waals surface area (Å²) in [7, 11) is 0. The highest BCUT2D eigenvalue weighted by Gasteiger charge is 2.09. The van der Waals surface area contributed by atoms with E-state index in [1.165, 1.54) is 5.56 Å². The van der Waals surface area contributed by atoms with Gasteiger partial charge in [0.2, 0.25) is 5.91 Å². The van der Waals surface area contributed by atoms with Crippen LogP contribution in [0.2, 0.25) is 0 Å². The van der Waals surface area contributed by atoms with Crippen molar-refractivity contribution in [2.24, 2.45) is 0 Å². The number of benzene rings is 2. The number of carbonyl (C=O) groups is 1. The second-order valence-electron chi connectivity index (χ2n) is 5.15. The molecule has 23 heavy (non-hydrogen) atoms. The highest BCUT2D eigenvalue weighted by molar-refractivity contribution is 8.03. The van der Waals surface area contributed by atoms with E-state index in [0.717, 1.165) is 39.2 Å². The molecule has 0 atom stereocenters. The molecule has 3 nitrogen and oxygen atoms in total. The molecule has 2 aromatic carbocycles. The van der Waals surface area contributed by atoms with Crippen molar-refractivity contribution in [3.05, 3.63) is 59.2 Å². The van der Waals surface area contributed by atoms with E-state index in [2.05, 4.69) is 22.9 Å². The predicted octanol–water partition coefficient (Wildman–Crippen LogP) is 4.75. The number of nitrogens with one attached hydrogen (secondary N) is 1. The number of thiocyanates is 1. The normalized spacial score (nSPS) is 10.1. The van der Waals surface area contributed by atoms with E-state index in [9.17, 15) is 4.79 Å². The molecular formula is C18H18N2OS2. The van der Waals surface area contributed by atoms with Gasteiger partial charge < -0.3 is 5.32 Å². The number of anilines is 1. The number of hydrogen-bond acceptors (Lipinski definition) is 4.